The molecule has 2 aromatic carbocycles. The number of hydrogen-bond acceptors (Lipinski definition) is 2. The summed E-state index contributed by atoms with van der Waals surface area (Å²) < 4.78 is 2.04. The van der Waals surface area contributed by atoms with Crippen LogP contribution in [0.15, 0.2) is 73.3 Å². The molecule has 1 aromatic heterocycles. The largest absolute Gasteiger partial charge is 0.333 e. The number of nitrogens with zero attached hydrogens (tertiary/aromatic N) is 3. The van der Waals surface area contributed by atoms with Gasteiger partial charge in [0.05, 0.1) is 18.0 Å². The quantitative estimate of drug-likeness (QED) is 0.680. The summed E-state index contributed by atoms with van der Waals surface area (Å²) in [5.41, 5.74) is 4.13. The van der Waals surface area contributed by atoms with E-state index in [-0.39, 0.29) is 0 Å². The van der Waals surface area contributed by atoms with Gasteiger partial charge in [-0.15, -0.1) is 0 Å². The van der Waals surface area contributed by atoms with Crippen molar-refractivity contribution in [3.63, 3.8) is 0 Å². The molecule has 3 heteroatoms. The molecule has 1 heterocycles. The zero-order valence-corrected chi connectivity index (χ0v) is 12.1. The van der Waals surface area contributed by atoms with Gasteiger partial charge in [-0.05, 0) is 34.9 Å². The molecule has 0 atom stereocenters. The molecule has 0 spiro atoms. The molecular formula is C19H15N3. The fourth-order valence-electron chi connectivity index (χ4n) is 2.30. The Labute approximate surface area is 129 Å². The highest BCUT2D eigenvalue weighted by Crippen LogP contribution is 2.20. The van der Waals surface area contributed by atoms with Gasteiger partial charge in [-0.3, -0.25) is 0 Å². The van der Waals surface area contributed by atoms with Gasteiger partial charge in [0.25, 0.3) is 0 Å². The van der Waals surface area contributed by atoms with Crippen LogP contribution in [0.5, 0.6) is 0 Å². The molecule has 106 valence electrons. The van der Waals surface area contributed by atoms with Gasteiger partial charge >= 0.3 is 0 Å². The van der Waals surface area contributed by atoms with E-state index in [1.165, 1.54) is 11.1 Å². The number of hydrogen-bond donors (Lipinski definition) is 0. The third kappa shape index (κ3) is 3.31. The van der Waals surface area contributed by atoms with E-state index >= 15 is 0 Å². The van der Waals surface area contributed by atoms with E-state index in [1.54, 1.807) is 6.20 Å². The maximum Gasteiger partial charge on any atom is 0.0991 e. The zero-order chi connectivity index (χ0) is 15.2. The second kappa shape index (κ2) is 6.55. The minimum atomic E-state index is 0.674. The summed E-state index contributed by atoms with van der Waals surface area (Å²) in [4.78, 5) is 4.10. The summed E-state index contributed by atoms with van der Waals surface area (Å²) >= 11 is 0. The Morgan fingerprint density at radius 1 is 1.09 bits per heavy atom. The van der Waals surface area contributed by atoms with E-state index in [0.717, 1.165) is 12.1 Å². The van der Waals surface area contributed by atoms with Gasteiger partial charge < -0.3 is 4.57 Å². The number of allylic oxidation sites excluding steroid dienone is 1. The summed E-state index contributed by atoms with van der Waals surface area (Å²) in [6.07, 6.45) is 7.70. The van der Waals surface area contributed by atoms with Crippen LogP contribution in [-0.4, -0.2) is 9.55 Å². The van der Waals surface area contributed by atoms with Crippen molar-refractivity contribution in [3.8, 4) is 6.07 Å². The van der Waals surface area contributed by atoms with Crippen molar-refractivity contribution >= 4 is 11.6 Å². The van der Waals surface area contributed by atoms with Crippen LogP contribution in [0.3, 0.4) is 0 Å². The second-order valence-electron chi connectivity index (χ2n) is 5.00. The maximum absolute atomic E-state index is 8.88. The predicted molar refractivity (Wildman–Crippen MR) is 87.7 cm³/mol. The number of imidazole rings is 1. The van der Waals surface area contributed by atoms with Gasteiger partial charge in [-0.2, -0.15) is 5.26 Å². The van der Waals surface area contributed by atoms with Gasteiger partial charge in [-0.1, -0.05) is 42.5 Å². The highest BCUT2D eigenvalue weighted by molar-refractivity contribution is 5.81. The maximum atomic E-state index is 8.88. The van der Waals surface area contributed by atoms with Gasteiger partial charge in [0, 0.05) is 18.9 Å². The summed E-state index contributed by atoms with van der Waals surface area (Å²) in [5.74, 6) is 0. The molecule has 3 rings (SSSR count). The average molecular weight is 285 g/mol. The first kappa shape index (κ1) is 13.8. The van der Waals surface area contributed by atoms with Crippen molar-refractivity contribution in [1.29, 1.82) is 5.26 Å². The first-order chi connectivity index (χ1) is 10.8. The molecule has 0 radical (unpaired) electrons. The highest BCUT2D eigenvalue weighted by atomic mass is 15.0. The molecule has 0 N–H and O–H groups in total. The Hall–Kier alpha value is -3.12. The van der Waals surface area contributed by atoms with E-state index < -0.39 is 0 Å². The van der Waals surface area contributed by atoms with Crippen LogP contribution in [0, 0.1) is 11.3 Å². The topological polar surface area (TPSA) is 41.6 Å². The van der Waals surface area contributed by atoms with E-state index in [2.05, 4.69) is 29.3 Å². The van der Waals surface area contributed by atoms with Crippen LogP contribution >= 0.6 is 0 Å². The summed E-state index contributed by atoms with van der Waals surface area (Å²) in [6, 6.07) is 20.1. The Morgan fingerprint density at radius 2 is 1.86 bits per heavy atom. The Kier molecular flexibility index (Phi) is 4.12. The zero-order valence-electron chi connectivity index (χ0n) is 12.1. The average Bonchev–Trinajstić information content (AvgIpc) is 3.09. The first-order valence-corrected chi connectivity index (χ1v) is 7.07. The highest BCUT2D eigenvalue weighted by Gasteiger charge is 2.03. The van der Waals surface area contributed by atoms with Gasteiger partial charge in [0.1, 0.15) is 0 Å². The molecule has 0 amide bonds. The fourth-order valence-corrected chi connectivity index (χ4v) is 2.30. The van der Waals surface area contributed by atoms with Crippen molar-refractivity contribution in [3.05, 3.63) is 90.0 Å². The van der Waals surface area contributed by atoms with Gasteiger partial charge in [0.2, 0.25) is 0 Å². The van der Waals surface area contributed by atoms with E-state index in [9.17, 15) is 0 Å². The van der Waals surface area contributed by atoms with Gasteiger partial charge in [0.15, 0.2) is 0 Å². The molecule has 0 unspecified atom stereocenters. The lowest BCUT2D eigenvalue weighted by molar-refractivity contribution is 0.836. The van der Waals surface area contributed by atoms with Crippen LogP contribution in [0.25, 0.3) is 11.6 Å². The van der Waals surface area contributed by atoms with Crippen molar-refractivity contribution in [1.82, 2.24) is 9.55 Å². The molecule has 0 aliphatic rings. The molecule has 3 nitrogen and oxygen atoms in total. The van der Waals surface area contributed by atoms with Crippen molar-refractivity contribution < 1.29 is 0 Å². The fraction of sp³-hybridized carbons (Fsp3) is 0.0526. The van der Waals surface area contributed by atoms with Crippen LogP contribution in [-0.2, 0) is 6.54 Å². The number of aromatic nitrogens is 2. The lowest BCUT2D eigenvalue weighted by atomic mass is 10.0. The number of nitriles is 1. The summed E-state index contributed by atoms with van der Waals surface area (Å²) in [5, 5.41) is 8.88. The number of rotatable bonds is 4. The van der Waals surface area contributed by atoms with Crippen molar-refractivity contribution in [2.75, 3.05) is 0 Å². The molecule has 3 aromatic rings. The lowest BCUT2D eigenvalue weighted by Crippen LogP contribution is -1.98. The predicted octanol–water partition coefficient (Wildman–Crippen LogP) is 4.00. The van der Waals surface area contributed by atoms with E-state index in [4.69, 9.17) is 5.26 Å². The van der Waals surface area contributed by atoms with Crippen LogP contribution in [0.2, 0.25) is 0 Å². The van der Waals surface area contributed by atoms with E-state index in [0.29, 0.717) is 5.56 Å². The standard InChI is InChI=1S/C19H15N3/c20-13-17-8-6-16(7-9-17)12-19(14-22-11-10-21-15-22)18-4-2-1-3-5-18/h1-12,15H,14H2. The lowest BCUT2D eigenvalue weighted by Gasteiger charge is -2.09. The normalized spacial score (nSPS) is 11.1. The van der Waals surface area contributed by atoms with Crippen molar-refractivity contribution in [2.45, 2.75) is 6.54 Å². The van der Waals surface area contributed by atoms with Crippen LogP contribution < -0.4 is 0 Å². The summed E-state index contributed by atoms with van der Waals surface area (Å²) in [6.45, 7) is 0.754. The molecule has 0 bridgehead atoms. The Morgan fingerprint density at radius 3 is 2.50 bits per heavy atom. The first-order valence-electron chi connectivity index (χ1n) is 7.07. The molecule has 0 aliphatic carbocycles. The molecule has 0 saturated heterocycles. The molecule has 0 fully saturated rings. The van der Waals surface area contributed by atoms with E-state index in [1.807, 2.05) is 59.6 Å². The van der Waals surface area contributed by atoms with Crippen LogP contribution in [0.1, 0.15) is 16.7 Å². The molecule has 0 saturated carbocycles. The van der Waals surface area contributed by atoms with Crippen molar-refractivity contribution in [2.24, 2.45) is 0 Å². The monoisotopic (exact) mass is 285 g/mol. The third-order valence-electron chi connectivity index (χ3n) is 3.44. The Bertz CT molecular complexity index is 792. The van der Waals surface area contributed by atoms with Gasteiger partial charge in [-0.25, -0.2) is 4.98 Å². The minimum Gasteiger partial charge on any atom is -0.333 e. The molecular weight excluding hydrogens is 270 g/mol. The Balaban J connectivity index is 1.96. The molecule has 22 heavy (non-hydrogen) atoms. The smallest absolute Gasteiger partial charge is 0.0991 e. The third-order valence-corrected chi connectivity index (χ3v) is 3.44. The SMILES string of the molecule is N#Cc1ccc(C=C(Cn2ccnc2)c2ccccc2)cc1. The number of benzene rings is 2. The summed E-state index contributed by atoms with van der Waals surface area (Å²) in [7, 11) is 0. The molecule has 0 aliphatic heterocycles. The minimum absolute atomic E-state index is 0.674. The van der Waals surface area contributed by atoms with Crippen LogP contribution in [0.4, 0.5) is 0 Å². The second-order valence-corrected chi connectivity index (χ2v) is 5.00.